The van der Waals surface area contributed by atoms with E-state index in [0.717, 1.165) is 5.56 Å². The van der Waals surface area contributed by atoms with E-state index in [1.54, 1.807) is 19.2 Å². The van der Waals surface area contributed by atoms with Crippen molar-refractivity contribution in [3.05, 3.63) is 64.4 Å². The van der Waals surface area contributed by atoms with Crippen LogP contribution in [0.4, 0.5) is 4.39 Å². The van der Waals surface area contributed by atoms with Crippen LogP contribution in [0.15, 0.2) is 42.5 Å². The molecule has 0 fully saturated rings. The molecule has 0 aromatic heterocycles. The van der Waals surface area contributed by atoms with Crippen LogP contribution in [-0.2, 0) is 6.54 Å². The molecule has 20 heavy (non-hydrogen) atoms. The third-order valence-corrected chi connectivity index (χ3v) is 3.09. The Bertz CT molecular complexity index is 611. The average molecular weight is 294 g/mol. The first kappa shape index (κ1) is 14.3. The molecule has 0 aliphatic carbocycles. The molecule has 0 saturated carbocycles. The predicted molar refractivity (Wildman–Crippen MR) is 75.6 cm³/mol. The number of methoxy groups -OCH3 is 1. The molecular weight excluding hydrogens is 281 g/mol. The Morgan fingerprint density at radius 3 is 2.75 bits per heavy atom. The molecule has 104 valence electrons. The summed E-state index contributed by atoms with van der Waals surface area (Å²) in [6.45, 7) is 0.265. The Kier molecular flexibility index (Phi) is 4.58. The van der Waals surface area contributed by atoms with Crippen molar-refractivity contribution >= 4 is 17.5 Å². The van der Waals surface area contributed by atoms with Crippen LogP contribution in [0.5, 0.6) is 5.75 Å². The van der Waals surface area contributed by atoms with Gasteiger partial charge in [0.25, 0.3) is 5.91 Å². The van der Waals surface area contributed by atoms with E-state index < -0.39 is 11.7 Å². The molecule has 1 N–H and O–H groups in total. The lowest BCUT2D eigenvalue weighted by Crippen LogP contribution is -2.24. The molecule has 0 heterocycles. The third-order valence-electron chi connectivity index (χ3n) is 2.78. The minimum atomic E-state index is -0.638. The van der Waals surface area contributed by atoms with Crippen molar-refractivity contribution in [1.82, 2.24) is 5.32 Å². The molecule has 0 aliphatic heterocycles. The van der Waals surface area contributed by atoms with E-state index in [4.69, 9.17) is 16.3 Å². The van der Waals surface area contributed by atoms with Crippen molar-refractivity contribution in [2.24, 2.45) is 0 Å². The Labute approximate surface area is 121 Å². The summed E-state index contributed by atoms with van der Waals surface area (Å²) in [4.78, 5) is 11.9. The lowest BCUT2D eigenvalue weighted by molar-refractivity contribution is 0.0947. The standard InChI is InChI=1S/C15H13ClFNO2/c1-20-11-5-2-4-10(8-11)9-18-15(19)14-12(16)6-3-7-13(14)17/h2-8H,9H2,1H3,(H,18,19). The first-order valence-electron chi connectivity index (χ1n) is 5.97. The van der Waals surface area contributed by atoms with Gasteiger partial charge in [-0.3, -0.25) is 4.79 Å². The number of ether oxygens (including phenoxy) is 1. The molecule has 2 aromatic rings. The minimum Gasteiger partial charge on any atom is -0.497 e. The number of carbonyl (C=O) groups excluding carboxylic acids is 1. The van der Waals surface area contributed by atoms with Gasteiger partial charge < -0.3 is 10.1 Å². The van der Waals surface area contributed by atoms with Crippen LogP contribution in [0, 0.1) is 5.82 Å². The summed E-state index contributed by atoms with van der Waals surface area (Å²) in [5, 5.41) is 2.72. The maximum absolute atomic E-state index is 13.6. The first-order valence-corrected chi connectivity index (χ1v) is 6.34. The van der Waals surface area contributed by atoms with Crippen molar-refractivity contribution in [3.8, 4) is 5.75 Å². The van der Waals surface area contributed by atoms with E-state index in [9.17, 15) is 9.18 Å². The van der Waals surface area contributed by atoms with Crippen LogP contribution in [0.1, 0.15) is 15.9 Å². The highest BCUT2D eigenvalue weighted by atomic mass is 35.5. The summed E-state index contributed by atoms with van der Waals surface area (Å²) in [5.74, 6) is -0.489. The highest BCUT2D eigenvalue weighted by Gasteiger charge is 2.15. The zero-order chi connectivity index (χ0) is 14.5. The van der Waals surface area contributed by atoms with E-state index in [2.05, 4.69) is 5.32 Å². The predicted octanol–water partition coefficient (Wildman–Crippen LogP) is 3.42. The highest BCUT2D eigenvalue weighted by Crippen LogP contribution is 2.19. The number of carbonyl (C=O) groups is 1. The van der Waals surface area contributed by atoms with Crippen LogP contribution in [0.2, 0.25) is 5.02 Å². The van der Waals surface area contributed by atoms with Crippen molar-refractivity contribution < 1.29 is 13.9 Å². The van der Waals surface area contributed by atoms with Gasteiger partial charge in [0.05, 0.1) is 17.7 Å². The van der Waals surface area contributed by atoms with Crippen LogP contribution in [0.3, 0.4) is 0 Å². The molecule has 0 unspecified atom stereocenters. The summed E-state index contributed by atoms with van der Waals surface area (Å²) < 4.78 is 18.7. The molecule has 0 aliphatic rings. The second kappa shape index (κ2) is 6.39. The number of rotatable bonds is 4. The van der Waals surface area contributed by atoms with Gasteiger partial charge in [-0.25, -0.2) is 4.39 Å². The fourth-order valence-corrected chi connectivity index (χ4v) is 2.02. The largest absolute Gasteiger partial charge is 0.497 e. The number of hydrogen-bond donors (Lipinski definition) is 1. The smallest absolute Gasteiger partial charge is 0.256 e. The Hall–Kier alpha value is -2.07. The molecule has 0 bridgehead atoms. The van der Waals surface area contributed by atoms with Gasteiger partial charge in [-0.1, -0.05) is 29.8 Å². The second-order valence-corrected chi connectivity index (χ2v) is 4.54. The lowest BCUT2D eigenvalue weighted by atomic mass is 10.1. The summed E-state index contributed by atoms with van der Waals surface area (Å²) in [6, 6.07) is 11.4. The highest BCUT2D eigenvalue weighted by molar-refractivity contribution is 6.33. The minimum absolute atomic E-state index is 0.0909. The fourth-order valence-electron chi connectivity index (χ4n) is 1.77. The van der Waals surface area contributed by atoms with Crippen LogP contribution < -0.4 is 10.1 Å². The van der Waals surface area contributed by atoms with Gasteiger partial charge in [0.1, 0.15) is 11.6 Å². The van der Waals surface area contributed by atoms with Crippen LogP contribution in [0.25, 0.3) is 0 Å². The van der Waals surface area contributed by atoms with Gasteiger partial charge in [-0.2, -0.15) is 0 Å². The molecular formula is C15H13ClFNO2. The van der Waals surface area contributed by atoms with Gasteiger partial charge >= 0.3 is 0 Å². The van der Waals surface area contributed by atoms with E-state index in [0.29, 0.717) is 5.75 Å². The van der Waals surface area contributed by atoms with E-state index >= 15 is 0 Å². The molecule has 0 radical (unpaired) electrons. The number of benzene rings is 2. The van der Waals surface area contributed by atoms with Crippen molar-refractivity contribution in [3.63, 3.8) is 0 Å². The lowest BCUT2D eigenvalue weighted by Gasteiger charge is -2.08. The SMILES string of the molecule is COc1cccc(CNC(=O)c2c(F)cccc2Cl)c1. The van der Waals surface area contributed by atoms with Crippen molar-refractivity contribution in [2.75, 3.05) is 7.11 Å². The zero-order valence-electron chi connectivity index (χ0n) is 10.8. The van der Waals surface area contributed by atoms with Gasteiger partial charge in [-0.05, 0) is 29.8 Å². The van der Waals surface area contributed by atoms with E-state index in [1.807, 2.05) is 12.1 Å². The molecule has 2 aromatic carbocycles. The number of hydrogen-bond acceptors (Lipinski definition) is 2. The number of nitrogens with one attached hydrogen (secondary N) is 1. The molecule has 0 atom stereocenters. The van der Waals surface area contributed by atoms with Crippen molar-refractivity contribution in [1.29, 1.82) is 0 Å². The maximum Gasteiger partial charge on any atom is 0.256 e. The summed E-state index contributed by atoms with van der Waals surface area (Å²) in [7, 11) is 1.57. The maximum atomic E-state index is 13.6. The van der Waals surface area contributed by atoms with Gasteiger partial charge in [0, 0.05) is 6.54 Å². The van der Waals surface area contributed by atoms with E-state index in [1.165, 1.54) is 18.2 Å². The first-order chi connectivity index (χ1) is 9.61. The van der Waals surface area contributed by atoms with Crippen LogP contribution >= 0.6 is 11.6 Å². The summed E-state index contributed by atoms with van der Waals surface area (Å²) in [6.07, 6.45) is 0. The monoisotopic (exact) mass is 293 g/mol. The third kappa shape index (κ3) is 3.27. The quantitative estimate of drug-likeness (QED) is 0.938. The number of amides is 1. The Balaban J connectivity index is 2.09. The van der Waals surface area contributed by atoms with Gasteiger partial charge in [-0.15, -0.1) is 0 Å². The van der Waals surface area contributed by atoms with Gasteiger partial charge in [0.15, 0.2) is 0 Å². The molecule has 0 spiro atoms. The topological polar surface area (TPSA) is 38.3 Å². The molecule has 3 nitrogen and oxygen atoms in total. The van der Waals surface area contributed by atoms with Crippen molar-refractivity contribution in [2.45, 2.75) is 6.54 Å². The summed E-state index contributed by atoms with van der Waals surface area (Å²) in [5.41, 5.74) is 0.710. The van der Waals surface area contributed by atoms with Crippen LogP contribution in [-0.4, -0.2) is 13.0 Å². The fraction of sp³-hybridized carbons (Fsp3) is 0.133. The molecule has 5 heteroatoms. The zero-order valence-corrected chi connectivity index (χ0v) is 11.6. The summed E-state index contributed by atoms with van der Waals surface area (Å²) >= 11 is 5.83. The molecule has 2 rings (SSSR count). The Morgan fingerprint density at radius 1 is 1.30 bits per heavy atom. The second-order valence-electron chi connectivity index (χ2n) is 4.13. The average Bonchev–Trinajstić information content (AvgIpc) is 2.45. The number of halogens is 2. The van der Waals surface area contributed by atoms with Gasteiger partial charge in [0.2, 0.25) is 0 Å². The normalized spacial score (nSPS) is 10.2. The molecule has 1 amide bonds. The Morgan fingerprint density at radius 2 is 2.05 bits per heavy atom. The van der Waals surface area contributed by atoms with E-state index in [-0.39, 0.29) is 17.1 Å². The molecule has 0 saturated heterocycles.